The van der Waals surface area contributed by atoms with Crippen LogP contribution < -0.4 is 5.48 Å². The maximum Gasteiger partial charge on any atom is 0.245 e. The fourth-order valence-electron chi connectivity index (χ4n) is 2.87. The van der Waals surface area contributed by atoms with Crippen molar-refractivity contribution in [1.82, 2.24) is 10.5 Å². The molecule has 0 aliphatic carbocycles. The van der Waals surface area contributed by atoms with Gasteiger partial charge in [0.05, 0.1) is 12.5 Å². The molecule has 1 unspecified atom stereocenters. The molecule has 0 spiro atoms. The van der Waals surface area contributed by atoms with E-state index in [2.05, 4.69) is 29.2 Å². The van der Waals surface area contributed by atoms with E-state index in [-0.39, 0.29) is 18.3 Å². The fraction of sp³-hybridized carbons (Fsp3) is 0.250. The Morgan fingerprint density at radius 3 is 2.33 bits per heavy atom. The smallest absolute Gasteiger partial charge is 0.245 e. The second-order valence-corrected chi connectivity index (χ2v) is 6.59. The van der Waals surface area contributed by atoms with Gasteiger partial charge in [0.1, 0.15) is 5.82 Å². The number of ether oxygens (including phenoxy) is 1. The first kappa shape index (κ1) is 23.2. The number of carbonyl (C=O) groups is 1. The van der Waals surface area contributed by atoms with Gasteiger partial charge in [-0.15, -0.1) is 0 Å². The Bertz CT molecular complexity index is 859. The van der Waals surface area contributed by atoms with Crippen LogP contribution in [0.4, 0.5) is 4.39 Å². The molecule has 1 heterocycles. The topological polar surface area (TPSA) is 71.5 Å². The van der Waals surface area contributed by atoms with Crippen molar-refractivity contribution < 1.29 is 19.1 Å². The number of hydroxylamine groups is 1. The first-order valence-corrected chi connectivity index (χ1v) is 9.86. The lowest BCUT2D eigenvalue weighted by Gasteiger charge is -2.16. The molecule has 0 saturated carbocycles. The molecule has 1 aromatic heterocycles. The minimum Gasteiger partial charge on any atom is -0.378 e. The van der Waals surface area contributed by atoms with E-state index < -0.39 is 5.91 Å². The molecule has 0 aliphatic heterocycles. The highest BCUT2D eigenvalue weighted by Crippen LogP contribution is 2.19. The van der Waals surface area contributed by atoms with Gasteiger partial charge in [0.2, 0.25) is 5.91 Å². The van der Waals surface area contributed by atoms with Crippen molar-refractivity contribution in [1.29, 1.82) is 0 Å². The average molecular weight is 410 g/mol. The largest absolute Gasteiger partial charge is 0.378 e. The summed E-state index contributed by atoms with van der Waals surface area (Å²) in [7, 11) is 0. The number of benzene rings is 2. The van der Waals surface area contributed by atoms with E-state index in [4.69, 9.17) is 9.94 Å². The van der Waals surface area contributed by atoms with Crippen molar-refractivity contribution in [2.45, 2.75) is 32.3 Å². The summed E-state index contributed by atoms with van der Waals surface area (Å²) >= 11 is 0. The van der Waals surface area contributed by atoms with Crippen molar-refractivity contribution in [2.24, 2.45) is 0 Å². The van der Waals surface area contributed by atoms with Gasteiger partial charge in [0.15, 0.2) is 0 Å². The van der Waals surface area contributed by atoms with E-state index in [0.717, 1.165) is 24.0 Å². The summed E-state index contributed by atoms with van der Waals surface area (Å²) in [5.74, 6) is -0.599. The zero-order valence-corrected chi connectivity index (χ0v) is 17.0. The highest BCUT2D eigenvalue weighted by molar-refractivity contribution is 5.75. The van der Waals surface area contributed by atoms with Gasteiger partial charge in [-0.05, 0) is 54.7 Å². The molecule has 0 fully saturated rings. The van der Waals surface area contributed by atoms with E-state index in [0.29, 0.717) is 6.61 Å². The molecule has 3 aromatic rings. The van der Waals surface area contributed by atoms with Gasteiger partial charge < -0.3 is 4.74 Å². The van der Waals surface area contributed by atoms with E-state index in [1.165, 1.54) is 17.7 Å². The molecule has 30 heavy (non-hydrogen) atoms. The summed E-state index contributed by atoms with van der Waals surface area (Å²) in [6.07, 6.45) is 5.12. The zero-order chi connectivity index (χ0) is 21.6. The Morgan fingerprint density at radius 1 is 1.07 bits per heavy atom. The van der Waals surface area contributed by atoms with Crippen LogP contribution in [-0.4, -0.2) is 28.8 Å². The number of aromatic nitrogens is 1. The SMILES string of the molecule is CCOC(CCc1ccc(-c2cccnc2)cc1)CC(=O)NO.Fc1ccccc1. The van der Waals surface area contributed by atoms with Crippen molar-refractivity contribution >= 4 is 5.91 Å². The van der Waals surface area contributed by atoms with Crippen LogP contribution in [0.15, 0.2) is 79.1 Å². The van der Waals surface area contributed by atoms with Gasteiger partial charge in [-0.2, -0.15) is 0 Å². The highest BCUT2D eigenvalue weighted by Gasteiger charge is 2.13. The number of rotatable bonds is 8. The predicted octanol–water partition coefficient (Wildman–Crippen LogP) is 4.81. The number of amides is 1. The van der Waals surface area contributed by atoms with Crippen molar-refractivity contribution in [2.75, 3.05) is 6.61 Å². The molecule has 0 bridgehead atoms. The van der Waals surface area contributed by atoms with Crippen molar-refractivity contribution in [3.63, 3.8) is 0 Å². The maximum absolute atomic E-state index is 11.9. The molecular formula is C24H27FN2O3. The van der Waals surface area contributed by atoms with Gasteiger partial charge >= 0.3 is 0 Å². The van der Waals surface area contributed by atoms with E-state index >= 15 is 0 Å². The summed E-state index contributed by atoms with van der Waals surface area (Å²) in [4.78, 5) is 15.4. The van der Waals surface area contributed by atoms with E-state index in [1.807, 2.05) is 25.3 Å². The molecule has 0 saturated heterocycles. The number of nitrogens with one attached hydrogen (secondary N) is 1. The molecule has 2 N–H and O–H groups in total. The fourth-order valence-corrected chi connectivity index (χ4v) is 2.87. The first-order chi connectivity index (χ1) is 14.6. The summed E-state index contributed by atoms with van der Waals surface area (Å²) in [5.41, 5.74) is 5.06. The summed E-state index contributed by atoms with van der Waals surface area (Å²) in [5, 5.41) is 8.62. The Kier molecular flexibility index (Phi) is 10.2. The Morgan fingerprint density at radius 2 is 1.80 bits per heavy atom. The second-order valence-electron chi connectivity index (χ2n) is 6.59. The maximum atomic E-state index is 11.9. The van der Waals surface area contributed by atoms with Crippen LogP contribution in [0.1, 0.15) is 25.3 Å². The molecule has 1 atom stereocenters. The third-order valence-electron chi connectivity index (χ3n) is 4.38. The van der Waals surface area contributed by atoms with Crippen LogP contribution in [-0.2, 0) is 16.0 Å². The van der Waals surface area contributed by atoms with Gasteiger partial charge in [0, 0.05) is 19.0 Å². The quantitative estimate of drug-likeness (QED) is 0.413. The first-order valence-electron chi connectivity index (χ1n) is 9.86. The monoisotopic (exact) mass is 410 g/mol. The van der Waals surface area contributed by atoms with Gasteiger partial charge in [-0.3, -0.25) is 15.0 Å². The van der Waals surface area contributed by atoms with Crippen LogP contribution in [0.25, 0.3) is 11.1 Å². The van der Waals surface area contributed by atoms with Crippen molar-refractivity contribution in [3.05, 3.63) is 90.5 Å². The number of halogens is 1. The minimum atomic E-state index is -0.421. The number of pyridine rings is 1. The van der Waals surface area contributed by atoms with Crippen LogP contribution in [0.5, 0.6) is 0 Å². The summed E-state index contributed by atoms with van der Waals surface area (Å²) in [6.45, 7) is 2.44. The lowest BCUT2D eigenvalue weighted by Crippen LogP contribution is -2.26. The van der Waals surface area contributed by atoms with Crippen LogP contribution >= 0.6 is 0 Å². The Hall–Kier alpha value is -3.09. The number of aryl methyl sites for hydroxylation is 1. The molecule has 3 rings (SSSR count). The average Bonchev–Trinajstić information content (AvgIpc) is 2.79. The highest BCUT2D eigenvalue weighted by atomic mass is 19.1. The lowest BCUT2D eigenvalue weighted by molar-refractivity contribution is -0.132. The lowest BCUT2D eigenvalue weighted by atomic mass is 10.0. The molecule has 5 nitrogen and oxygen atoms in total. The standard InChI is InChI=1S/C18H22N2O3.C6H5F/c1-2-23-17(12-18(21)20-22)10-7-14-5-8-15(9-6-14)16-4-3-11-19-13-16;7-6-4-2-1-3-5-6/h3-6,8-9,11,13,17,22H,2,7,10,12H2,1H3,(H,20,21);1-5H. The predicted molar refractivity (Wildman–Crippen MR) is 114 cm³/mol. The van der Waals surface area contributed by atoms with Gasteiger partial charge in [-0.25, -0.2) is 9.87 Å². The van der Waals surface area contributed by atoms with Crippen molar-refractivity contribution in [3.8, 4) is 11.1 Å². The third kappa shape index (κ3) is 8.51. The molecule has 0 aliphatic rings. The number of hydrogen-bond donors (Lipinski definition) is 2. The third-order valence-corrected chi connectivity index (χ3v) is 4.38. The van der Waals surface area contributed by atoms with Crippen LogP contribution in [0.3, 0.4) is 0 Å². The molecule has 6 heteroatoms. The number of nitrogens with zero attached hydrogens (tertiary/aromatic N) is 1. The Labute approximate surface area is 176 Å². The molecule has 0 radical (unpaired) electrons. The van der Waals surface area contributed by atoms with E-state index in [9.17, 15) is 9.18 Å². The second kappa shape index (κ2) is 13.2. The zero-order valence-electron chi connectivity index (χ0n) is 17.0. The Balaban J connectivity index is 0.000000386. The number of carbonyl (C=O) groups excluding carboxylic acids is 1. The molecular weight excluding hydrogens is 383 g/mol. The van der Waals surface area contributed by atoms with Crippen LogP contribution in [0, 0.1) is 5.82 Å². The number of hydrogen-bond acceptors (Lipinski definition) is 4. The normalized spacial score (nSPS) is 11.2. The molecule has 1 amide bonds. The van der Waals surface area contributed by atoms with Crippen LogP contribution in [0.2, 0.25) is 0 Å². The summed E-state index contributed by atoms with van der Waals surface area (Å²) < 4.78 is 17.5. The van der Waals surface area contributed by atoms with E-state index in [1.54, 1.807) is 29.9 Å². The van der Waals surface area contributed by atoms with Gasteiger partial charge in [0.25, 0.3) is 0 Å². The van der Waals surface area contributed by atoms with Gasteiger partial charge in [-0.1, -0.05) is 48.5 Å². The molecule has 2 aromatic carbocycles. The molecule has 158 valence electrons. The minimum absolute atomic E-state index is 0.165. The summed E-state index contributed by atoms with van der Waals surface area (Å²) in [6, 6.07) is 20.2.